The van der Waals surface area contributed by atoms with Gasteiger partial charge in [0.15, 0.2) is 0 Å². The van der Waals surface area contributed by atoms with Crippen LogP contribution in [0.4, 0.5) is 13.2 Å². The van der Waals surface area contributed by atoms with Crippen LogP contribution in [0.15, 0.2) is 54.0 Å². The van der Waals surface area contributed by atoms with Gasteiger partial charge in [-0.25, -0.2) is 0 Å². The zero-order valence-corrected chi connectivity index (χ0v) is 13.4. The Balaban J connectivity index is 2.17. The third-order valence-electron chi connectivity index (χ3n) is 3.46. The summed E-state index contributed by atoms with van der Waals surface area (Å²) in [5.74, 6) is -0.398. The number of carbonyl (C=O) groups is 1. The Morgan fingerprint density at radius 2 is 1.83 bits per heavy atom. The zero-order chi connectivity index (χ0) is 17.3. The molecule has 0 spiro atoms. The van der Waals surface area contributed by atoms with Crippen LogP contribution in [0.1, 0.15) is 27.2 Å². The molecule has 3 rings (SSSR count). The van der Waals surface area contributed by atoms with Crippen molar-refractivity contribution in [2.75, 3.05) is 0 Å². The van der Waals surface area contributed by atoms with Crippen LogP contribution in [0.25, 0.3) is 10.4 Å². The number of rotatable bonds is 3. The van der Waals surface area contributed by atoms with Crippen molar-refractivity contribution in [2.24, 2.45) is 0 Å². The molecule has 2 heterocycles. The first-order chi connectivity index (χ1) is 11.4. The molecular formula is C18H12F3NOS. The molecule has 24 heavy (non-hydrogen) atoms. The number of carbonyl (C=O) groups excluding carboxylic acids is 1. The van der Waals surface area contributed by atoms with Gasteiger partial charge in [0.25, 0.3) is 0 Å². The fourth-order valence-corrected chi connectivity index (χ4v) is 3.20. The molecule has 0 N–H and O–H groups in total. The van der Waals surface area contributed by atoms with Gasteiger partial charge in [0.2, 0.25) is 5.78 Å². The Labute approximate surface area is 140 Å². The molecule has 0 aliphatic rings. The number of benzene rings is 1. The van der Waals surface area contributed by atoms with E-state index < -0.39 is 17.5 Å². The third kappa shape index (κ3) is 3.23. The molecule has 0 amide bonds. The van der Waals surface area contributed by atoms with E-state index in [1.807, 2.05) is 12.3 Å². The predicted octanol–water partition coefficient (Wildman–Crippen LogP) is 5.37. The van der Waals surface area contributed by atoms with E-state index in [1.165, 1.54) is 11.3 Å². The lowest BCUT2D eigenvalue weighted by molar-refractivity contribution is -0.137. The van der Waals surface area contributed by atoms with Gasteiger partial charge in [-0.1, -0.05) is 30.3 Å². The highest BCUT2D eigenvalue weighted by Gasteiger charge is 2.32. The van der Waals surface area contributed by atoms with Crippen molar-refractivity contribution >= 4 is 17.1 Å². The van der Waals surface area contributed by atoms with Crippen molar-refractivity contribution in [3.8, 4) is 10.4 Å². The molecule has 1 aromatic carbocycles. The second-order valence-corrected chi connectivity index (χ2v) is 6.21. The van der Waals surface area contributed by atoms with Crippen LogP contribution in [-0.4, -0.2) is 10.8 Å². The first kappa shape index (κ1) is 16.4. The largest absolute Gasteiger partial charge is 0.417 e. The summed E-state index contributed by atoms with van der Waals surface area (Å²) >= 11 is 1.29. The summed E-state index contributed by atoms with van der Waals surface area (Å²) < 4.78 is 39.1. The molecular weight excluding hydrogens is 335 g/mol. The van der Waals surface area contributed by atoms with Gasteiger partial charge in [0.1, 0.15) is 5.69 Å². The summed E-state index contributed by atoms with van der Waals surface area (Å²) in [7, 11) is 0. The molecule has 0 saturated carbocycles. The van der Waals surface area contributed by atoms with Gasteiger partial charge in [-0.3, -0.25) is 9.78 Å². The fraction of sp³-hybridized carbons (Fsp3) is 0.111. The molecule has 0 saturated heterocycles. The van der Waals surface area contributed by atoms with Gasteiger partial charge < -0.3 is 0 Å². The summed E-state index contributed by atoms with van der Waals surface area (Å²) in [6, 6.07) is 11.1. The number of aryl methyl sites for hydroxylation is 1. The van der Waals surface area contributed by atoms with Crippen molar-refractivity contribution in [3.05, 3.63) is 76.4 Å². The number of nitrogens with zero attached hydrogens (tertiary/aromatic N) is 1. The quantitative estimate of drug-likeness (QED) is 0.596. The lowest BCUT2D eigenvalue weighted by atomic mass is 10.0. The normalized spacial score (nSPS) is 11.5. The molecule has 0 bridgehead atoms. The Bertz CT molecular complexity index is 885. The molecule has 0 aliphatic carbocycles. The SMILES string of the molecule is Cc1csc(-c2cc(C(F)(F)F)cnc2C(=O)c2ccccc2)c1. The maximum absolute atomic E-state index is 13.0. The highest BCUT2D eigenvalue weighted by Crippen LogP contribution is 2.35. The van der Waals surface area contributed by atoms with Gasteiger partial charge in [-0.15, -0.1) is 11.3 Å². The van der Waals surface area contributed by atoms with E-state index in [2.05, 4.69) is 4.98 Å². The van der Waals surface area contributed by atoms with E-state index in [4.69, 9.17) is 0 Å². The second-order valence-electron chi connectivity index (χ2n) is 5.30. The first-order valence-electron chi connectivity index (χ1n) is 7.09. The average molecular weight is 347 g/mol. The highest BCUT2D eigenvalue weighted by atomic mass is 32.1. The smallest absolute Gasteiger partial charge is 0.287 e. The Morgan fingerprint density at radius 3 is 2.42 bits per heavy atom. The third-order valence-corrected chi connectivity index (χ3v) is 4.54. The zero-order valence-electron chi connectivity index (χ0n) is 12.6. The van der Waals surface area contributed by atoms with Gasteiger partial charge >= 0.3 is 6.18 Å². The van der Waals surface area contributed by atoms with Gasteiger partial charge in [0.05, 0.1) is 5.56 Å². The maximum Gasteiger partial charge on any atom is 0.417 e. The summed E-state index contributed by atoms with van der Waals surface area (Å²) in [4.78, 5) is 17.1. The topological polar surface area (TPSA) is 30.0 Å². The highest BCUT2D eigenvalue weighted by molar-refractivity contribution is 7.13. The second kappa shape index (κ2) is 6.20. The Kier molecular flexibility index (Phi) is 4.24. The Hall–Kier alpha value is -2.47. The number of ketones is 1. The standard InChI is InChI=1S/C18H12F3NOS/c1-11-7-15(24-10-11)14-8-13(18(19,20)21)9-22-16(14)17(23)12-5-3-2-4-6-12/h2-10H,1H3. The molecule has 122 valence electrons. The van der Waals surface area contributed by atoms with Crippen LogP contribution in [0.3, 0.4) is 0 Å². The van der Waals surface area contributed by atoms with Crippen LogP contribution < -0.4 is 0 Å². The molecule has 2 aromatic heterocycles. The molecule has 0 aliphatic heterocycles. The summed E-state index contributed by atoms with van der Waals surface area (Å²) in [6.07, 6.45) is -3.80. The molecule has 6 heteroatoms. The van der Waals surface area contributed by atoms with Crippen LogP contribution in [0.5, 0.6) is 0 Å². The minimum atomic E-state index is -4.51. The van der Waals surface area contributed by atoms with Crippen LogP contribution in [0.2, 0.25) is 0 Å². The van der Waals surface area contributed by atoms with Crippen LogP contribution >= 0.6 is 11.3 Å². The minimum Gasteiger partial charge on any atom is -0.287 e. The van der Waals surface area contributed by atoms with Crippen molar-refractivity contribution in [1.82, 2.24) is 4.98 Å². The van der Waals surface area contributed by atoms with Crippen molar-refractivity contribution in [3.63, 3.8) is 0 Å². The van der Waals surface area contributed by atoms with Crippen molar-refractivity contribution < 1.29 is 18.0 Å². The van der Waals surface area contributed by atoms with Gasteiger partial charge in [-0.2, -0.15) is 13.2 Å². The van der Waals surface area contributed by atoms with E-state index in [9.17, 15) is 18.0 Å². The summed E-state index contributed by atoms with van der Waals surface area (Å²) in [5.41, 5.74) is 0.672. The van der Waals surface area contributed by atoms with Crippen molar-refractivity contribution in [1.29, 1.82) is 0 Å². The molecule has 0 unspecified atom stereocenters. The molecule has 2 nitrogen and oxygen atoms in total. The monoisotopic (exact) mass is 347 g/mol. The molecule has 0 fully saturated rings. The molecule has 0 atom stereocenters. The van der Waals surface area contributed by atoms with E-state index in [-0.39, 0.29) is 11.3 Å². The number of aromatic nitrogens is 1. The number of hydrogen-bond acceptors (Lipinski definition) is 3. The van der Waals surface area contributed by atoms with Crippen LogP contribution in [0, 0.1) is 6.92 Å². The van der Waals surface area contributed by atoms with Gasteiger partial charge in [-0.05, 0) is 30.0 Å². The summed E-state index contributed by atoms with van der Waals surface area (Å²) in [5, 5.41) is 1.83. The summed E-state index contributed by atoms with van der Waals surface area (Å²) in [6.45, 7) is 1.85. The fourth-order valence-electron chi connectivity index (χ4n) is 2.29. The Morgan fingerprint density at radius 1 is 1.12 bits per heavy atom. The predicted molar refractivity (Wildman–Crippen MR) is 87.2 cm³/mol. The van der Waals surface area contributed by atoms with E-state index in [0.29, 0.717) is 16.6 Å². The number of pyridine rings is 1. The van der Waals surface area contributed by atoms with E-state index in [1.54, 1.807) is 36.4 Å². The molecule has 3 aromatic rings. The van der Waals surface area contributed by atoms with E-state index in [0.717, 1.165) is 11.6 Å². The van der Waals surface area contributed by atoms with E-state index >= 15 is 0 Å². The number of halogens is 3. The number of alkyl halides is 3. The maximum atomic E-state index is 13.0. The van der Waals surface area contributed by atoms with Crippen molar-refractivity contribution in [2.45, 2.75) is 13.1 Å². The number of thiophene rings is 1. The average Bonchev–Trinajstić information content (AvgIpc) is 3.00. The lowest BCUT2D eigenvalue weighted by Crippen LogP contribution is -2.11. The lowest BCUT2D eigenvalue weighted by Gasteiger charge is -2.11. The minimum absolute atomic E-state index is 0.0241. The van der Waals surface area contributed by atoms with Gasteiger partial charge in [0, 0.05) is 22.2 Å². The van der Waals surface area contributed by atoms with Crippen LogP contribution in [-0.2, 0) is 6.18 Å². The molecule has 0 radical (unpaired) electrons. The number of hydrogen-bond donors (Lipinski definition) is 0. The first-order valence-corrected chi connectivity index (χ1v) is 7.97.